The van der Waals surface area contributed by atoms with Crippen LogP contribution in [-0.2, 0) is 23.9 Å². The van der Waals surface area contributed by atoms with Crippen molar-refractivity contribution in [2.45, 2.75) is 79.9 Å². The van der Waals surface area contributed by atoms with Gasteiger partial charge in [-0.1, -0.05) is 52.8 Å². The van der Waals surface area contributed by atoms with Gasteiger partial charge in [-0.05, 0) is 56.1 Å². The summed E-state index contributed by atoms with van der Waals surface area (Å²) in [5.41, 5.74) is 2.32. The molecule has 5 nitrogen and oxygen atoms in total. The molecule has 172 valence electrons. The molecule has 0 aromatic rings. The monoisotopic (exact) mass is 430 g/mol. The number of carbonyl (C=O) groups excluding carboxylic acids is 3. The van der Waals surface area contributed by atoms with Crippen LogP contribution in [0.25, 0.3) is 0 Å². The molecule has 0 radical (unpaired) electrons. The van der Waals surface area contributed by atoms with Gasteiger partial charge < -0.3 is 9.47 Å². The summed E-state index contributed by atoms with van der Waals surface area (Å²) in [6, 6.07) is 0. The standard InChI is InChI=1S/C26H38O5/c1-9-15(6)12-21(27)30-20-13-19(14(4)5)23-18(11-3)24(28)25(22(23)17(20)8)31-26(29)16(7)10-2/h11-12,14,16,19-20,22-23,25H,8-10,13H2,1-7H3/b15-12+,18-11?/t16?,19-,20+,22-,23-,25-/m0/s1. The van der Waals surface area contributed by atoms with Crippen LogP contribution < -0.4 is 0 Å². The van der Waals surface area contributed by atoms with Crippen molar-refractivity contribution in [2.75, 3.05) is 0 Å². The molecular formula is C26H38O5. The van der Waals surface area contributed by atoms with E-state index in [2.05, 4.69) is 20.4 Å². The normalized spacial score (nSPS) is 31.0. The van der Waals surface area contributed by atoms with Crippen LogP contribution in [0.2, 0.25) is 0 Å². The second-order valence-corrected chi connectivity index (χ2v) is 9.31. The Kier molecular flexibility index (Phi) is 8.44. The predicted molar refractivity (Wildman–Crippen MR) is 121 cm³/mol. The molecular weight excluding hydrogens is 392 g/mol. The SMILES string of the molecule is C=C1[C@H]2[C@@H](C(=CC)C(=O)[C@H]2OC(=O)C(C)CC)[C@H](C(C)C)C[C@H]1OC(=O)/C=C(\C)CC. The second-order valence-electron chi connectivity index (χ2n) is 9.31. The molecule has 0 spiro atoms. The molecule has 2 rings (SSSR count). The first-order valence-electron chi connectivity index (χ1n) is 11.5. The van der Waals surface area contributed by atoms with E-state index in [-0.39, 0.29) is 41.3 Å². The summed E-state index contributed by atoms with van der Waals surface area (Å²) in [4.78, 5) is 38.3. The topological polar surface area (TPSA) is 69.7 Å². The fourth-order valence-corrected chi connectivity index (χ4v) is 4.71. The van der Waals surface area contributed by atoms with E-state index in [0.29, 0.717) is 24.0 Å². The average molecular weight is 431 g/mol. The molecule has 2 saturated carbocycles. The summed E-state index contributed by atoms with van der Waals surface area (Å²) < 4.78 is 11.6. The molecule has 1 unspecified atom stereocenters. The van der Waals surface area contributed by atoms with Crippen LogP contribution in [-0.4, -0.2) is 29.9 Å². The van der Waals surface area contributed by atoms with Gasteiger partial charge in [-0.25, -0.2) is 4.79 Å². The van der Waals surface area contributed by atoms with E-state index >= 15 is 0 Å². The molecule has 31 heavy (non-hydrogen) atoms. The Morgan fingerprint density at radius 2 is 1.81 bits per heavy atom. The van der Waals surface area contributed by atoms with Crippen molar-refractivity contribution in [1.29, 1.82) is 0 Å². The smallest absolute Gasteiger partial charge is 0.331 e. The van der Waals surface area contributed by atoms with Crippen LogP contribution >= 0.6 is 0 Å². The maximum atomic E-state index is 13.3. The molecule has 0 aromatic heterocycles. The first-order chi connectivity index (χ1) is 14.6. The van der Waals surface area contributed by atoms with E-state index in [9.17, 15) is 14.4 Å². The van der Waals surface area contributed by atoms with E-state index in [0.717, 1.165) is 12.0 Å². The number of ether oxygens (including phenoxy) is 2. The van der Waals surface area contributed by atoms with Crippen molar-refractivity contribution in [2.24, 2.45) is 29.6 Å². The van der Waals surface area contributed by atoms with Gasteiger partial charge in [0.25, 0.3) is 0 Å². The molecule has 0 bridgehead atoms. The van der Waals surface area contributed by atoms with Gasteiger partial charge in [-0.3, -0.25) is 9.59 Å². The van der Waals surface area contributed by atoms with Gasteiger partial charge in [0.2, 0.25) is 0 Å². The van der Waals surface area contributed by atoms with Crippen LogP contribution in [0.5, 0.6) is 0 Å². The van der Waals surface area contributed by atoms with Crippen LogP contribution in [0.1, 0.15) is 67.7 Å². The quantitative estimate of drug-likeness (QED) is 0.315. The molecule has 5 heteroatoms. The van der Waals surface area contributed by atoms with Crippen LogP contribution in [0.15, 0.2) is 35.5 Å². The highest BCUT2D eigenvalue weighted by Crippen LogP contribution is 2.53. The Morgan fingerprint density at radius 3 is 2.32 bits per heavy atom. The van der Waals surface area contributed by atoms with Gasteiger partial charge in [0.15, 0.2) is 11.9 Å². The number of hydrogen-bond acceptors (Lipinski definition) is 5. The molecule has 2 aliphatic rings. The highest BCUT2D eigenvalue weighted by molar-refractivity contribution is 6.03. The van der Waals surface area contributed by atoms with E-state index in [1.165, 1.54) is 6.08 Å². The lowest BCUT2D eigenvalue weighted by molar-refractivity contribution is -0.160. The molecule has 0 amide bonds. The van der Waals surface area contributed by atoms with Crippen LogP contribution in [0.4, 0.5) is 0 Å². The second kappa shape index (κ2) is 10.4. The van der Waals surface area contributed by atoms with Crippen LogP contribution in [0.3, 0.4) is 0 Å². The summed E-state index contributed by atoms with van der Waals surface area (Å²) in [5, 5.41) is 0. The summed E-state index contributed by atoms with van der Waals surface area (Å²) in [6.07, 6.45) is 3.98. The number of Topliss-reactive ketones (excluding diaryl/α,β-unsaturated/α-hetero) is 1. The zero-order valence-corrected chi connectivity index (χ0v) is 20.1. The number of hydrogen-bond donors (Lipinski definition) is 0. The summed E-state index contributed by atoms with van der Waals surface area (Å²) in [7, 11) is 0. The van der Waals surface area contributed by atoms with Crippen molar-refractivity contribution in [3.05, 3.63) is 35.5 Å². The highest BCUT2D eigenvalue weighted by Gasteiger charge is 2.57. The Bertz CT molecular complexity index is 788. The third kappa shape index (κ3) is 5.19. The van der Waals surface area contributed by atoms with Gasteiger partial charge in [0.1, 0.15) is 6.10 Å². The maximum Gasteiger partial charge on any atom is 0.331 e. The largest absolute Gasteiger partial charge is 0.455 e. The van der Waals surface area contributed by atoms with Gasteiger partial charge >= 0.3 is 11.9 Å². The lowest BCUT2D eigenvalue weighted by atomic mass is 9.65. The number of allylic oxidation sites excluding steroid dienone is 2. The number of carbonyl (C=O) groups is 3. The predicted octanol–water partition coefficient (Wildman–Crippen LogP) is 5.21. The van der Waals surface area contributed by atoms with Gasteiger partial charge in [-0.15, -0.1) is 0 Å². The Morgan fingerprint density at radius 1 is 1.16 bits per heavy atom. The van der Waals surface area contributed by atoms with Gasteiger partial charge in [0.05, 0.1) is 5.92 Å². The van der Waals surface area contributed by atoms with Crippen molar-refractivity contribution >= 4 is 17.7 Å². The van der Waals surface area contributed by atoms with Crippen molar-refractivity contribution < 1.29 is 23.9 Å². The van der Waals surface area contributed by atoms with Crippen molar-refractivity contribution in [3.8, 4) is 0 Å². The molecule has 2 fully saturated rings. The number of fused-ring (bicyclic) bond motifs is 1. The summed E-state index contributed by atoms with van der Waals surface area (Å²) in [5.74, 6) is -1.26. The fourth-order valence-electron chi connectivity index (χ4n) is 4.71. The molecule has 6 atom stereocenters. The Hall–Kier alpha value is -2.17. The molecule has 0 aromatic carbocycles. The lowest BCUT2D eigenvalue weighted by Crippen LogP contribution is -2.43. The minimum atomic E-state index is -0.902. The summed E-state index contributed by atoms with van der Waals surface area (Å²) >= 11 is 0. The zero-order chi connectivity index (χ0) is 23.5. The van der Waals surface area contributed by atoms with Crippen LogP contribution in [0, 0.1) is 29.6 Å². The minimum Gasteiger partial charge on any atom is -0.455 e. The Labute approximate surface area is 186 Å². The number of esters is 2. The first-order valence-corrected chi connectivity index (χ1v) is 11.5. The average Bonchev–Trinajstić information content (AvgIpc) is 3.00. The third-order valence-electron chi connectivity index (χ3n) is 7.01. The zero-order valence-electron chi connectivity index (χ0n) is 20.1. The molecule has 2 aliphatic carbocycles. The third-order valence-corrected chi connectivity index (χ3v) is 7.01. The summed E-state index contributed by atoms with van der Waals surface area (Å²) in [6.45, 7) is 17.9. The number of rotatable bonds is 7. The van der Waals surface area contributed by atoms with E-state index in [1.54, 1.807) is 6.92 Å². The maximum absolute atomic E-state index is 13.3. The highest BCUT2D eigenvalue weighted by atomic mass is 16.6. The van der Waals surface area contributed by atoms with E-state index in [4.69, 9.17) is 9.47 Å². The molecule has 0 N–H and O–H groups in total. The lowest BCUT2D eigenvalue weighted by Gasteiger charge is -2.42. The van der Waals surface area contributed by atoms with Crippen molar-refractivity contribution in [1.82, 2.24) is 0 Å². The Balaban J connectivity index is 2.41. The first kappa shape index (κ1) is 25.1. The van der Waals surface area contributed by atoms with Gasteiger partial charge in [-0.2, -0.15) is 0 Å². The minimum absolute atomic E-state index is 0.0809. The molecule has 0 aliphatic heterocycles. The number of ketones is 1. The van der Waals surface area contributed by atoms with E-state index in [1.807, 2.05) is 33.8 Å². The molecule has 0 heterocycles. The fraction of sp³-hybridized carbons (Fsp3) is 0.654. The van der Waals surface area contributed by atoms with E-state index < -0.39 is 18.2 Å². The molecule has 0 saturated heterocycles. The van der Waals surface area contributed by atoms with Crippen molar-refractivity contribution in [3.63, 3.8) is 0 Å². The van der Waals surface area contributed by atoms with Gasteiger partial charge in [0, 0.05) is 17.9 Å².